The van der Waals surface area contributed by atoms with E-state index in [2.05, 4.69) is 39.3 Å². The van der Waals surface area contributed by atoms with Crippen LogP contribution in [0.25, 0.3) is 0 Å². The Morgan fingerprint density at radius 2 is 2.37 bits per heavy atom. The van der Waals surface area contributed by atoms with Crippen molar-refractivity contribution in [3.8, 4) is 0 Å². The van der Waals surface area contributed by atoms with Crippen LogP contribution in [0, 0.1) is 0 Å². The predicted octanol–water partition coefficient (Wildman–Crippen LogP) is 2.59. The van der Waals surface area contributed by atoms with Crippen molar-refractivity contribution >= 4 is 11.3 Å². The highest BCUT2D eigenvalue weighted by Gasteiger charge is 2.19. The quantitative estimate of drug-likeness (QED) is 0.846. The van der Waals surface area contributed by atoms with Crippen LogP contribution in [-0.4, -0.2) is 28.8 Å². The highest BCUT2D eigenvalue weighted by molar-refractivity contribution is 7.10. The molecule has 0 saturated carbocycles. The van der Waals surface area contributed by atoms with E-state index in [-0.39, 0.29) is 12.1 Å². The van der Waals surface area contributed by atoms with E-state index in [1.54, 1.807) is 11.3 Å². The molecular formula is C14H21N3OS. The molecule has 2 aromatic rings. The van der Waals surface area contributed by atoms with Crippen LogP contribution in [0.2, 0.25) is 0 Å². The average molecular weight is 279 g/mol. The summed E-state index contributed by atoms with van der Waals surface area (Å²) in [5, 5.41) is 5.65. The van der Waals surface area contributed by atoms with Gasteiger partial charge in [-0.15, -0.1) is 11.3 Å². The van der Waals surface area contributed by atoms with Crippen LogP contribution in [0.1, 0.15) is 30.6 Å². The Labute approximate surface area is 118 Å². The van der Waals surface area contributed by atoms with E-state index in [9.17, 15) is 0 Å². The van der Waals surface area contributed by atoms with Crippen LogP contribution in [0.4, 0.5) is 0 Å². The minimum atomic E-state index is 0.128. The van der Waals surface area contributed by atoms with E-state index in [0.717, 1.165) is 19.0 Å². The van der Waals surface area contributed by atoms with Crippen molar-refractivity contribution in [2.24, 2.45) is 7.05 Å². The van der Waals surface area contributed by atoms with Crippen molar-refractivity contribution in [2.45, 2.75) is 26.0 Å². The van der Waals surface area contributed by atoms with Gasteiger partial charge >= 0.3 is 0 Å². The fraction of sp³-hybridized carbons (Fsp3) is 0.500. The third-order valence-corrected chi connectivity index (χ3v) is 3.94. The lowest BCUT2D eigenvalue weighted by atomic mass is 10.2. The molecule has 0 bridgehead atoms. The first-order valence-electron chi connectivity index (χ1n) is 6.58. The fourth-order valence-corrected chi connectivity index (χ4v) is 2.85. The van der Waals surface area contributed by atoms with E-state index in [0.29, 0.717) is 0 Å². The normalized spacial score (nSPS) is 14.5. The first-order chi connectivity index (χ1) is 9.22. The second kappa shape index (κ2) is 6.84. The minimum Gasteiger partial charge on any atom is -0.377 e. The third kappa shape index (κ3) is 3.65. The summed E-state index contributed by atoms with van der Waals surface area (Å²) in [6.07, 6.45) is 4.01. The monoisotopic (exact) mass is 279 g/mol. The van der Waals surface area contributed by atoms with Gasteiger partial charge in [0.15, 0.2) is 0 Å². The molecule has 0 aliphatic rings. The molecule has 0 amide bonds. The molecule has 0 aliphatic heterocycles. The lowest BCUT2D eigenvalue weighted by Crippen LogP contribution is -2.32. The number of imidazole rings is 1. The van der Waals surface area contributed by atoms with Crippen LogP contribution in [-0.2, 0) is 11.8 Å². The van der Waals surface area contributed by atoms with E-state index in [1.165, 1.54) is 4.88 Å². The molecule has 19 heavy (non-hydrogen) atoms. The molecule has 0 radical (unpaired) electrons. The largest absolute Gasteiger partial charge is 0.377 e. The van der Waals surface area contributed by atoms with Gasteiger partial charge in [-0.2, -0.15) is 0 Å². The smallest absolute Gasteiger partial charge is 0.131 e. The number of aryl methyl sites for hydroxylation is 1. The SMILES string of the molecule is CCOC(C)CNC(c1cccs1)c1nccn1C. The zero-order chi connectivity index (χ0) is 13.7. The first-order valence-corrected chi connectivity index (χ1v) is 7.46. The molecule has 5 heteroatoms. The van der Waals surface area contributed by atoms with Gasteiger partial charge in [-0.25, -0.2) is 4.98 Å². The molecule has 2 heterocycles. The average Bonchev–Trinajstić information content (AvgIpc) is 3.03. The van der Waals surface area contributed by atoms with Crippen LogP contribution in [0.3, 0.4) is 0 Å². The summed E-state index contributed by atoms with van der Waals surface area (Å²) in [6.45, 7) is 5.66. The maximum atomic E-state index is 5.57. The molecule has 104 valence electrons. The molecule has 0 aliphatic carbocycles. The molecule has 2 atom stereocenters. The Morgan fingerprint density at radius 1 is 1.53 bits per heavy atom. The number of nitrogens with zero attached hydrogens (tertiary/aromatic N) is 2. The number of ether oxygens (including phenoxy) is 1. The summed E-state index contributed by atoms with van der Waals surface area (Å²) in [6, 6.07) is 4.34. The van der Waals surface area contributed by atoms with Crippen molar-refractivity contribution in [1.29, 1.82) is 0 Å². The highest BCUT2D eigenvalue weighted by atomic mass is 32.1. The van der Waals surface area contributed by atoms with Crippen LogP contribution in [0.15, 0.2) is 29.9 Å². The number of rotatable bonds is 7. The molecule has 0 saturated heterocycles. The van der Waals surface area contributed by atoms with E-state index in [4.69, 9.17) is 4.74 Å². The van der Waals surface area contributed by atoms with Crippen LogP contribution >= 0.6 is 11.3 Å². The second-order valence-corrected chi connectivity index (χ2v) is 5.50. The van der Waals surface area contributed by atoms with Gasteiger partial charge in [-0.05, 0) is 25.3 Å². The summed E-state index contributed by atoms with van der Waals surface area (Å²) >= 11 is 1.75. The lowest BCUT2D eigenvalue weighted by Gasteiger charge is -2.20. The van der Waals surface area contributed by atoms with Gasteiger partial charge in [0, 0.05) is 37.5 Å². The Kier molecular flexibility index (Phi) is 5.13. The fourth-order valence-electron chi connectivity index (χ4n) is 2.06. The summed E-state index contributed by atoms with van der Waals surface area (Å²) in [5.74, 6) is 1.03. The maximum absolute atomic E-state index is 5.57. The van der Waals surface area contributed by atoms with Gasteiger partial charge in [0.2, 0.25) is 0 Å². The molecule has 0 aromatic carbocycles. The molecule has 2 aromatic heterocycles. The summed E-state index contributed by atoms with van der Waals surface area (Å²) < 4.78 is 7.63. The molecule has 2 rings (SSSR count). The number of hydrogen-bond acceptors (Lipinski definition) is 4. The van der Waals surface area contributed by atoms with Crippen molar-refractivity contribution < 1.29 is 4.74 Å². The molecule has 0 spiro atoms. The van der Waals surface area contributed by atoms with E-state index < -0.39 is 0 Å². The molecule has 2 unspecified atom stereocenters. The Bertz CT molecular complexity index is 481. The number of hydrogen-bond donors (Lipinski definition) is 1. The van der Waals surface area contributed by atoms with Gasteiger partial charge in [-0.3, -0.25) is 0 Å². The minimum absolute atomic E-state index is 0.128. The van der Waals surface area contributed by atoms with Gasteiger partial charge < -0.3 is 14.6 Å². The number of nitrogens with one attached hydrogen (secondary N) is 1. The summed E-state index contributed by atoms with van der Waals surface area (Å²) in [7, 11) is 2.02. The van der Waals surface area contributed by atoms with E-state index in [1.807, 2.05) is 26.4 Å². The Morgan fingerprint density at radius 3 is 2.95 bits per heavy atom. The molecule has 1 N–H and O–H groups in total. The van der Waals surface area contributed by atoms with Gasteiger partial charge in [0.05, 0.1) is 6.10 Å². The van der Waals surface area contributed by atoms with Crippen molar-refractivity contribution in [1.82, 2.24) is 14.9 Å². The Balaban J connectivity index is 2.10. The topological polar surface area (TPSA) is 39.1 Å². The predicted molar refractivity (Wildman–Crippen MR) is 78.5 cm³/mol. The zero-order valence-corrected chi connectivity index (χ0v) is 12.5. The first kappa shape index (κ1) is 14.2. The van der Waals surface area contributed by atoms with Gasteiger partial charge in [0.1, 0.15) is 11.9 Å². The molecule has 0 fully saturated rings. The highest BCUT2D eigenvalue weighted by Crippen LogP contribution is 2.24. The second-order valence-electron chi connectivity index (χ2n) is 4.52. The molecule has 4 nitrogen and oxygen atoms in total. The number of thiophene rings is 1. The van der Waals surface area contributed by atoms with Crippen LogP contribution < -0.4 is 5.32 Å². The summed E-state index contributed by atoms with van der Waals surface area (Å²) in [4.78, 5) is 5.74. The third-order valence-electron chi connectivity index (χ3n) is 3.00. The van der Waals surface area contributed by atoms with Crippen LogP contribution in [0.5, 0.6) is 0 Å². The Hall–Kier alpha value is -1.17. The lowest BCUT2D eigenvalue weighted by molar-refractivity contribution is 0.0746. The standard InChI is InChI=1S/C14H21N3OS/c1-4-18-11(2)10-16-13(12-6-5-9-19-12)14-15-7-8-17(14)3/h5-9,11,13,16H,4,10H2,1-3H3. The molecular weight excluding hydrogens is 258 g/mol. The number of aromatic nitrogens is 2. The zero-order valence-electron chi connectivity index (χ0n) is 11.7. The van der Waals surface area contributed by atoms with Gasteiger partial charge in [0.25, 0.3) is 0 Å². The van der Waals surface area contributed by atoms with Crippen molar-refractivity contribution in [2.75, 3.05) is 13.2 Å². The van der Waals surface area contributed by atoms with Gasteiger partial charge in [-0.1, -0.05) is 6.07 Å². The van der Waals surface area contributed by atoms with Crippen molar-refractivity contribution in [3.63, 3.8) is 0 Å². The van der Waals surface area contributed by atoms with E-state index >= 15 is 0 Å². The summed E-state index contributed by atoms with van der Waals surface area (Å²) in [5.41, 5.74) is 0. The maximum Gasteiger partial charge on any atom is 0.131 e. The van der Waals surface area contributed by atoms with Crippen molar-refractivity contribution in [3.05, 3.63) is 40.6 Å².